The largest absolute Gasteiger partial charge is 0.494 e. The Bertz CT molecular complexity index is 738. The van der Waals surface area contributed by atoms with Crippen LogP contribution in [-0.2, 0) is 0 Å². The molecule has 0 aliphatic rings. The molecule has 0 saturated heterocycles. The van der Waals surface area contributed by atoms with Gasteiger partial charge in [0.1, 0.15) is 29.7 Å². The van der Waals surface area contributed by atoms with Gasteiger partial charge in [-0.1, -0.05) is 6.07 Å². The number of hydrogen-bond acceptors (Lipinski definition) is 4. The summed E-state index contributed by atoms with van der Waals surface area (Å²) in [6.07, 6.45) is 0. The van der Waals surface area contributed by atoms with Crippen LogP contribution in [0.5, 0.6) is 17.2 Å². The molecule has 6 nitrogen and oxygen atoms in total. The zero-order valence-electron chi connectivity index (χ0n) is 15.0. The number of ether oxygens (including phenoxy) is 3. The molecule has 0 aliphatic carbocycles. The van der Waals surface area contributed by atoms with Crippen LogP contribution in [0.3, 0.4) is 0 Å². The molecule has 0 aromatic heterocycles. The Labute approximate surface area is 152 Å². The van der Waals surface area contributed by atoms with E-state index in [1.54, 1.807) is 18.2 Å². The van der Waals surface area contributed by atoms with Gasteiger partial charge in [-0.3, -0.25) is 0 Å². The maximum absolute atomic E-state index is 13.1. The first-order chi connectivity index (χ1) is 12.6. The Kier molecular flexibility index (Phi) is 7.54. The number of nitrogens with two attached hydrogens (primary N) is 1. The lowest BCUT2D eigenvalue weighted by atomic mass is 10.2. The second-order valence-electron chi connectivity index (χ2n) is 5.22. The normalized spacial score (nSPS) is 11.1. The monoisotopic (exact) mass is 361 g/mol. The van der Waals surface area contributed by atoms with Gasteiger partial charge in [-0.25, -0.2) is 9.38 Å². The van der Waals surface area contributed by atoms with E-state index in [4.69, 9.17) is 19.9 Å². The average molecular weight is 361 g/mol. The molecular formula is C19H24FN3O3. The molecule has 0 spiro atoms. The summed E-state index contributed by atoms with van der Waals surface area (Å²) in [6, 6.07) is 11.4. The van der Waals surface area contributed by atoms with Gasteiger partial charge in [0.05, 0.1) is 25.4 Å². The summed E-state index contributed by atoms with van der Waals surface area (Å²) in [5, 5.41) is 3.01. The molecule has 0 heterocycles. The average Bonchev–Trinajstić information content (AvgIpc) is 2.61. The predicted molar refractivity (Wildman–Crippen MR) is 101 cm³/mol. The number of nitrogens with zero attached hydrogens (tertiary/aromatic N) is 1. The second-order valence-corrected chi connectivity index (χ2v) is 5.22. The van der Waals surface area contributed by atoms with Gasteiger partial charge < -0.3 is 25.3 Å². The highest BCUT2D eigenvalue weighted by molar-refractivity contribution is 5.94. The van der Waals surface area contributed by atoms with E-state index >= 15 is 0 Å². The van der Waals surface area contributed by atoms with Crippen molar-refractivity contribution in [1.82, 2.24) is 0 Å². The van der Waals surface area contributed by atoms with Crippen LogP contribution in [0.2, 0.25) is 0 Å². The topological polar surface area (TPSA) is 78.1 Å². The summed E-state index contributed by atoms with van der Waals surface area (Å²) in [6.45, 7) is 5.52. The fourth-order valence-corrected chi connectivity index (χ4v) is 2.21. The van der Waals surface area contributed by atoms with Crippen LogP contribution in [0, 0.1) is 5.82 Å². The Morgan fingerprint density at radius 3 is 2.54 bits per heavy atom. The number of nitrogens with one attached hydrogen (secondary N) is 1. The third-order valence-electron chi connectivity index (χ3n) is 3.26. The lowest BCUT2D eigenvalue weighted by Crippen LogP contribution is -2.24. The summed E-state index contributed by atoms with van der Waals surface area (Å²) in [4.78, 5) is 4.20. The van der Waals surface area contributed by atoms with Gasteiger partial charge in [-0.05, 0) is 38.1 Å². The predicted octanol–water partition coefficient (Wildman–Crippen LogP) is 3.43. The standard InChI is InChI=1S/C19H24FN3O3/c1-3-24-16-8-9-18(25-4-2)17(13-16)23-19(21)22-10-11-26-15-7-5-6-14(20)12-15/h5-9,12-13H,3-4,10-11H2,1-2H3,(H3,21,22,23). The fourth-order valence-electron chi connectivity index (χ4n) is 2.21. The Morgan fingerprint density at radius 1 is 1.04 bits per heavy atom. The van der Waals surface area contributed by atoms with Crippen molar-refractivity contribution in [3.63, 3.8) is 0 Å². The van der Waals surface area contributed by atoms with Crippen LogP contribution in [0.25, 0.3) is 0 Å². The summed E-state index contributed by atoms with van der Waals surface area (Å²) in [5.41, 5.74) is 6.60. The number of aliphatic imine (C=N–C) groups is 1. The van der Waals surface area contributed by atoms with Crippen molar-refractivity contribution < 1.29 is 18.6 Å². The third kappa shape index (κ3) is 6.16. The lowest BCUT2D eigenvalue weighted by molar-refractivity contribution is 0.327. The maximum Gasteiger partial charge on any atom is 0.193 e. The molecule has 7 heteroatoms. The molecule has 2 rings (SSSR count). The number of halogens is 1. The summed E-state index contributed by atoms with van der Waals surface area (Å²) in [5.74, 6) is 1.70. The first kappa shape index (κ1) is 19.4. The smallest absolute Gasteiger partial charge is 0.193 e. The number of guanidine groups is 1. The van der Waals surface area contributed by atoms with Crippen LogP contribution in [0.15, 0.2) is 47.5 Å². The lowest BCUT2D eigenvalue weighted by Gasteiger charge is -2.14. The molecule has 0 fully saturated rings. The first-order valence-corrected chi connectivity index (χ1v) is 8.47. The zero-order valence-corrected chi connectivity index (χ0v) is 15.0. The van der Waals surface area contributed by atoms with E-state index in [-0.39, 0.29) is 18.4 Å². The molecule has 0 saturated carbocycles. The summed E-state index contributed by atoms with van der Waals surface area (Å²) < 4.78 is 29.6. The van der Waals surface area contributed by atoms with Crippen LogP contribution < -0.4 is 25.3 Å². The van der Waals surface area contributed by atoms with Crippen LogP contribution in [0.4, 0.5) is 10.1 Å². The van der Waals surface area contributed by atoms with Crippen molar-refractivity contribution in [2.75, 3.05) is 31.7 Å². The molecule has 2 aromatic rings. The summed E-state index contributed by atoms with van der Waals surface area (Å²) in [7, 11) is 0. The zero-order chi connectivity index (χ0) is 18.8. The SMILES string of the molecule is CCOc1ccc(OCC)c(NC(N)=NCCOc2cccc(F)c2)c1. The number of benzene rings is 2. The van der Waals surface area contributed by atoms with Gasteiger partial charge in [0, 0.05) is 12.1 Å². The Morgan fingerprint density at radius 2 is 1.81 bits per heavy atom. The van der Waals surface area contributed by atoms with E-state index in [0.717, 1.165) is 0 Å². The molecule has 2 aromatic carbocycles. The van der Waals surface area contributed by atoms with Crippen molar-refractivity contribution >= 4 is 11.6 Å². The number of anilines is 1. The molecule has 3 N–H and O–H groups in total. The van der Waals surface area contributed by atoms with E-state index in [1.165, 1.54) is 12.1 Å². The van der Waals surface area contributed by atoms with Gasteiger partial charge in [0.2, 0.25) is 0 Å². The summed E-state index contributed by atoms with van der Waals surface area (Å²) >= 11 is 0. The van der Waals surface area contributed by atoms with Gasteiger partial charge in [0.15, 0.2) is 5.96 Å². The number of rotatable bonds is 9. The van der Waals surface area contributed by atoms with Crippen molar-refractivity contribution in [3.8, 4) is 17.2 Å². The molecule has 0 bridgehead atoms. The van der Waals surface area contributed by atoms with E-state index in [1.807, 2.05) is 26.0 Å². The van der Waals surface area contributed by atoms with Crippen molar-refractivity contribution in [2.24, 2.45) is 10.7 Å². The van der Waals surface area contributed by atoms with Gasteiger partial charge in [0.25, 0.3) is 0 Å². The van der Waals surface area contributed by atoms with E-state index < -0.39 is 0 Å². The molecule has 0 amide bonds. The second kappa shape index (κ2) is 10.1. The molecule has 140 valence electrons. The Hall–Kier alpha value is -2.96. The van der Waals surface area contributed by atoms with Gasteiger partial charge >= 0.3 is 0 Å². The minimum Gasteiger partial charge on any atom is -0.494 e. The maximum atomic E-state index is 13.1. The van der Waals surface area contributed by atoms with E-state index in [9.17, 15) is 4.39 Å². The van der Waals surface area contributed by atoms with E-state index in [2.05, 4.69) is 10.3 Å². The van der Waals surface area contributed by atoms with Crippen LogP contribution in [0.1, 0.15) is 13.8 Å². The number of hydrogen-bond donors (Lipinski definition) is 2. The minimum atomic E-state index is -0.343. The quantitative estimate of drug-likeness (QED) is 0.406. The van der Waals surface area contributed by atoms with Gasteiger partial charge in [-0.15, -0.1) is 0 Å². The van der Waals surface area contributed by atoms with Gasteiger partial charge in [-0.2, -0.15) is 0 Å². The fraction of sp³-hybridized carbons (Fsp3) is 0.316. The van der Waals surface area contributed by atoms with Crippen LogP contribution >= 0.6 is 0 Å². The molecule has 0 radical (unpaired) electrons. The van der Waals surface area contributed by atoms with E-state index in [0.29, 0.717) is 42.7 Å². The molecule has 0 atom stereocenters. The molecule has 0 unspecified atom stereocenters. The van der Waals surface area contributed by atoms with Crippen molar-refractivity contribution in [1.29, 1.82) is 0 Å². The highest BCUT2D eigenvalue weighted by Gasteiger charge is 2.07. The van der Waals surface area contributed by atoms with Crippen molar-refractivity contribution in [2.45, 2.75) is 13.8 Å². The molecular weight excluding hydrogens is 337 g/mol. The Balaban J connectivity index is 1.93. The minimum absolute atomic E-state index is 0.224. The third-order valence-corrected chi connectivity index (χ3v) is 3.26. The first-order valence-electron chi connectivity index (χ1n) is 8.47. The van der Waals surface area contributed by atoms with Crippen molar-refractivity contribution in [3.05, 3.63) is 48.3 Å². The van der Waals surface area contributed by atoms with Crippen LogP contribution in [-0.4, -0.2) is 32.3 Å². The highest BCUT2D eigenvalue weighted by Crippen LogP contribution is 2.29. The molecule has 26 heavy (non-hydrogen) atoms. The highest BCUT2D eigenvalue weighted by atomic mass is 19.1. The molecule has 0 aliphatic heterocycles.